The molecule has 0 aliphatic rings. The number of nitrogens with two attached hydrogens (primary N) is 1. The van der Waals surface area contributed by atoms with E-state index in [2.05, 4.69) is 10.3 Å². The lowest BCUT2D eigenvalue weighted by molar-refractivity contribution is -0.123. The molecule has 5 nitrogen and oxygen atoms in total. The van der Waals surface area contributed by atoms with Crippen molar-refractivity contribution in [1.82, 2.24) is 10.3 Å². The van der Waals surface area contributed by atoms with Gasteiger partial charge >= 0.3 is 0 Å². The summed E-state index contributed by atoms with van der Waals surface area (Å²) in [6, 6.07) is 10.9. The van der Waals surface area contributed by atoms with Crippen LogP contribution in [0.25, 0.3) is 0 Å². The Morgan fingerprint density at radius 3 is 2.85 bits per heavy atom. The molecule has 0 atom stereocenters. The van der Waals surface area contributed by atoms with Gasteiger partial charge in [0, 0.05) is 6.20 Å². The average molecular weight is 271 g/mol. The summed E-state index contributed by atoms with van der Waals surface area (Å²) in [6.45, 7) is 2.27. The van der Waals surface area contributed by atoms with E-state index in [-0.39, 0.29) is 12.5 Å². The van der Waals surface area contributed by atoms with Gasteiger partial charge in [-0.05, 0) is 30.7 Å². The molecule has 0 saturated heterocycles. The van der Waals surface area contributed by atoms with E-state index in [1.807, 2.05) is 25.1 Å². The molecule has 0 bridgehead atoms. The largest absolute Gasteiger partial charge is 0.482 e. The number of nitrogen functional groups attached to an aromatic ring is 1. The van der Waals surface area contributed by atoms with E-state index in [1.165, 1.54) is 0 Å². The number of aromatic nitrogens is 1. The SMILES string of the molecule is Cc1cccnc1CNC(=O)COc1ccccc1N. The second-order valence-corrected chi connectivity index (χ2v) is 4.37. The summed E-state index contributed by atoms with van der Waals surface area (Å²) in [5.41, 5.74) is 8.13. The third-order valence-electron chi connectivity index (χ3n) is 2.85. The van der Waals surface area contributed by atoms with Crippen molar-refractivity contribution >= 4 is 11.6 Å². The smallest absolute Gasteiger partial charge is 0.258 e. The number of rotatable bonds is 5. The standard InChI is InChI=1S/C15H17N3O2/c1-11-5-4-8-17-13(11)9-18-15(19)10-20-14-7-3-2-6-12(14)16/h2-8H,9-10,16H2,1H3,(H,18,19). The molecule has 0 unspecified atom stereocenters. The second-order valence-electron chi connectivity index (χ2n) is 4.37. The van der Waals surface area contributed by atoms with Gasteiger partial charge in [-0.25, -0.2) is 0 Å². The van der Waals surface area contributed by atoms with Crippen molar-refractivity contribution in [3.63, 3.8) is 0 Å². The van der Waals surface area contributed by atoms with E-state index in [0.717, 1.165) is 11.3 Å². The molecule has 1 heterocycles. The van der Waals surface area contributed by atoms with Crippen LogP contribution >= 0.6 is 0 Å². The van der Waals surface area contributed by atoms with Crippen LogP contribution in [0.1, 0.15) is 11.3 Å². The Morgan fingerprint density at radius 2 is 2.10 bits per heavy atom. The maximum absolute atomic E-state index is 11.7. The molecule has 0 radical (unpaired) electrons. The highest BCUT2D eigenvalue weighted by Gasteiger charge is 2.06. The van der Waals surface area contributed by atoms with E-state index >= 15 is 0 Å². The van der Waals surface area contributed by atoms with Gasteiger partial charge in [-0.3, -0.25) is 9.78 Å². The number of nitrogens with one attached hydrogen (secondary N) is 1. The minimum atomic E-state index is -0.210. The third-order valence-corrected chi connectivity index (χ3v) is 2.85. The first kappa shape index (κ1) is 13.9. The lowest BCUT2D eigenvalue weighted by Crippen LogP contribution is -2.29. The molecule has 2 rings (SSSR count). The van der Waals surface area contributed by atoms with Crippen LogP contribution in [-0.4, -0.2) is 17.5 Å². The predicted octanol–water partition coefficient (Wildman–Crippen LogP) is 1.67. The van der Waals surface area contributed by atoms with Gasteiger partial charge in [-0.2, -0.15) is 0 Å². The molecule has 3 N–H and O–H groups in total. The fraction of sp³-hybridized carbons (Fsp3) is 0.200. The van der Waals surface area contributed by atoms with Gasteiger partial charge in [0.25, 0.3) is 5.91 Å². The number of hydrogen-bond donors (Lipinski definition) is 2. The van der Waals surface area contributed by atoms with Crippen LogP contribution in [0.15, 0.2) is 42.6 Å². The van der Waals surface area contributed by atoms with E-state index in [9.17, 15) is 4.79 Å². The Hall–Kier alpha value is -2.56. The number of anilines is 1. The number of hydrogen-bond acceptors (Lipinski definition) is 4. The molecule has 20 heavy (non-hydrogen) atoms. The first-order valence-corrected chi connectivity index (χ1v) is 6.31. The Balaban J connectivity index is 1.82. The number of nitrogens with zero attached hydrogens (tertiary/aromatic N) is 1. The van der Waals surface area contributed by atoms with Crippen molar-refractivity contribution in [3.05, 3.63) is 53.9 Å². The topological polar surface area (TPSA) is 77.2 Å². The lowest BCUT2D eigenvalue weighted by Gasteiger charge is -2.09. The highest BCUT2D eigenvalue weighted by molar-refractivity contribution is 5.77. The minimum Gasteiger partial charge on any atom is -0.482 e. The van der Waals surface area contributed by atoms with Crippen molar-refractivity contribution < 1.29 is 9.53 Å². The summed E-state index contributed by atoms with van der Waals surface area (Å²) >= 11 is 0. The van der Waals surface area contributed by atoms with Crippen molar-refractivity contribution in [1.29, 1.82) is 0 Å². The normalized spacial score (nSPS) is 10.1. The van der Waals surface area contributed by atoms with E-state index in [1.54, 1.807) is 24.4 Å². The summed E-state index contributed by atoms with van der Waals surface area (Å²) in [4.78, 5) is 15.9. The Kier molecular flexibility index (Phi) is 4.55. The van der Waals surface area contributed by atoms with E-state index in [4.69, 9.17) is 10.5 Å². The Morgan fingerprint density at radius 1 is 1.30 bits per heavy atom. The first-order valence-electron chi connectivity index (χ1n) is 6.31. The fourth-order valence-corrected chi connectivity index (χ4v) is 1.69. The highest BCUT2D eigenvalue weighted by Crippen LogP contribution is 2.19. The number of pyridine rings is 1. The van der Waals surface area contributed by atoms with Crippen LogP contribution in [0.3, 0.4) is 0 Å². The molecule has 0 aliphatic heterocycles. The van der Waals surface area contributed by atoms with Gasteiger partial charge in [-0.1, -0.05) is 18.2 Å². The van der Waals surface area contributed by atoms with Gasteiger partial charge in [0.05, 0.1) is 17.9 Å². The van der Waals surface area contributed by atoms with Crippen LogP contribution in [0.4, 0.5) is 5.69 Å². The molecule has 0 aliphatic carbocycles. The van der Waals surface area contributed by atoms with Crippen LogP contribution in [0, 0.1) is 6.92 Å². The number of ether oxygens (including phenoxy) is 1. The number of benzene rings is 1. The summed E-state index contributed by atoms with van der Waals surface area (Å²) in [7, 11) is 0. The quantitative estimate of drug-likeness (QED) is 0.811. The molecule has 5 heteroatoms. The fourth-order valence-electron chi connectivity index (χ4n) is 1.69. The summed E-state index contributed by atoms with van der Waals surface area (Å²) in [5, 5.41) is 2.76. The second kappa shape index (κ2) is 6.56. The Labute approximate surface area is 117 Å². The van der Waals surface area contributed by atoms with Crippen LogP contribution in [0.2, 0.25) is 0 Å². The molecular weight excluding hydrogens is 254 g/mol. The number of para-hydroxylation sites is 2. The average Bonchev–Trinajstić information content (AvgIpc) is 2.45. The van der Waals surface area contributed by atoms with Crippen molar-refractivity contribution in [2.75, 3.05) is 12.3 Å². The monoisotopic (exact) mass is 271 g/mol. The molecule has 104 valence electrons. The maximum atomic E-state index is 11.7. The van der Waals surface area contributed by atoms with Crippen molar-refractivity contribution in [3.8, 4) is 5.75 Å². The zero-order valence-corrected chi connectivity index (χ0v) is 11.3. The summed E-state index contributed by atoms with van der Waals surface area (Å²) in [6.07, 6.45) is 1.70. The molecule has 0 saturated carbocycles. The summed E-state index contributed by atoms with van der Waals surface area (Å²) in [5.74, 6) is 0.301. The number of carbonyl (C=O) groups is 1. The van der Waals surface area contributed by atoms with E-state index in [0.29, 0.717) is 18.0 Å². The van der Waals surface area contributed by atoms with Gasteiger partial charge in [0.2, 0.25) is 0 Å². The molecular formula is C15H17N3O2. The van der Waals surface area contributed by atoms with Gasteiger partial charge in [-0.15, -0.1) is 0 Å². The zero-order valence-electron chi connectivity index (χ0n) is 11.3. The van der Waals surface area contributed by atoms with Gasteiger partial charge in [0.15, 0.2) is 6.61 Å². The molecule has 0 spiro atoms. The molecule has 2 aromatic rings. The summed E-state index contributed by atoms with van der Waals surface area (Å²) < 4.78 is 5.36. The number of aryl methyl sites for hydroxylation is 1. The van der Waals surface area contributed by atoms with Crippen LogP contribution in [0.5, 0.6) is 5.75 Å². The third kappa shape index (κ3) is 3.71. The first-order chi connectivity index (χ1) is 9.66. The van der Waals surface area contributed by atoms with E-state index < -0.39 is 0 Å². The van der Waals surface area contributed by atoms with Crippen molar-refractivity contribution in [2.24, 2.45) is 0 Å². The maximum Gasteiger partial charge on any atom is 0.258 e. The van der Waals surface area contributed by atoms with Crippen LogP contribution < -0.4 is 15.8 Å². The van der Waals surface area contributed by atoms with Crippen LogP contribution in [-0.2, 0) is 11.3 Å². The number of carbonyl (C=O) groups excluding carboxylic acids is 1. The Bertz CT molecular complexity index is 548. The highest BCUT2D eigenvalue weighted by atomic mass is 16.5. The zero-order chi connectivity index (χ0) is 14.4. The van der Waals surface area contributed by atoms with Gasteiger partial charge < -0.3 is 15.8 Å². The minimum absolute atomic E-state index is 0.0694. The number of amides is 1. The lowest BCUT2D eigenvalue weighted by atomic mass is 10.2. The van der Waals surface area contributed by atoms with Gasteiger partial charge in [0.1, 0.15) is 5.75 Å². The molecule has 1 aromatic carbocycles. The molecule has 1 amide bonds. The molecule has 1 aromatic heterocycles. The van der Waals surface area contributed by atoms with Crippen molar-refractivity contribution in [2.45, 2.75) is 13.5 Å². The predicted molar refractivity (Wildman–Crippen MR) is 77.2 cm³/mol. The molecule has 0 fully saturated rings.